The van der Waals surface area contributed by atoms with E-state index in [4.69, 9.17) is 5.73 Å². The first-order valence-corrected chi connectivity index (χ1v) is 3.18. The highest BCUT2D eigenvalue weighted by Gasteiger charge is 1.97. The van der Waals surface area contributed by atoms with Gasteiger partial charge in [-0.15, -0.1) is 0 Å². The van der Waals surface area contributed by atoms with Gasteiger partial charge in [0.25, 0.3) is 0 Å². The number of aromatic amines is 1. The topological polar surface area (TPSA) is 41.8 Å². The monoisotopic (exact) mass is 124 g/mol. The summed E-state index contributed by atoms with van der Waals surface area (Å²) < 4.78 is 0. The average Bonchev–Trinajstić information content (AvgIpc) is 2.10. The van der Waals surface area contributed by atoms with E-state index in [1.807, 2.05) is 6.92 Å². The number of hydrogen-bond acceptors (Lipinski definition) is 1. The number of aryl methyl sites for hydroxylation is 2. The van der Waals surface area contributed by atoms with Crippen LogP contribution >= 0.6 is 0 Å². The molecule has 1 heterocycles. The van der Waals surface area contributed by atoms with Gasteiger partial charge in [0, 0.05) is 5.69 Å². The fourth-order valence-corrected chi connectivity index (χ4v) is 0.960. The third-order valence-corrected chi connectivity index (χ3v) is 1.45. The van der Waals surface area contributed by atoms with Gasteiger partial charge >= 0.3 is 0 Å². The van der Waals surface area contributed by atoms with Crippen LogP contribution in [0.15, 0.2) is 6.07 Å². The molecule has 0 aliphatic rings. The average molecular weight is 124 g/mol. The van der Waals surface area contributed by atoms with Gasteiger partial charge < -0.3 is 10.7 Å². The standard InChI is InChI=1S/C7H12N2/c1-3-6-4-5(2)9-7(6)8/h4,9H,3,8H2,1-2H3. The molecule has 0 saturated heterocycles. The quantitative estimate of drug-likeness (QED) is 0.584. The van der Waals surface area contributed by atoms with Crippen molar-refractivity contribution in [3.8, 4) is 0 Å². The number of nitrogen functional groups attached to an aromatic ring is 1. The van der Waals surface area contributed by atoms with Crippen LogP contribution in [0, 0.1) is 6.92 Å². The van der Waals surface area contributed by atoms with Crippen molar-refractivity contribution in [2.75, 3.05) is 5.73 Å². The molecule has 0 amide bonds. The second kappa shape index (κ2) is 2.13. The van der Waals surface area contributed by atoms with Gasteiger partial charge in [0.15, 0.2) is 0 Å². The predicted octanol–water partition coefficient (Wildman–Crippen LogP) is 1.47. The minimum atomic E-state index is 0.815. The van der Waals surface area contributed by atoms with Gasteiger partial charge in [0.2, 0.25) is 0 Å². The van der Waals surface area contributed by atoms with E-state index in [-0.39, 0.29) is 0 Å². The lowest BCUT2D eigenvalue weighted by molar-refractivity contribution is 1.15. The van der Waals surface area contributed by atoms with Crippen molar-refractivity contribution in [1.82, 2.24) is 4.98 Å². The first-order chi connectivity index (χ1) is 4.24. The summed E-state index contributed by atoms with van der Waals surface area (Å²) in [6, 6.07) is 2.08. The summed E-state index contributed by atoms with van der Waals surface area (Å²) in [6.07, 6.45) is 1.01. The lowest BCUT2D eigenvalue weighted by Crippen LogP contribution is -1.88. The highest BCUT2D eigenvalue weighted by Crippen LogP contribution is 2.11. The van der Waals surface area contributed by atoms with Crippen LogP contribution in [0.4, 0.5) is 5.82 Å². The summed E-state index contributed by atoms with van der Waals surface area (Å²) in [5.74, 6) is 0.815. The maximum Gasteiger partial charge on any atom is 0.104 e. The lowest BCUT2D eigenvalue weighted by Gasteiger charge is -1.88. The molecule has 0 spiro atoms. The third kappa shape index (κ3) is 1.07. The SMILES string of the molecule is CCc1cc(C)[nH]c1N. The predicted molar refractivity (Wildman–Crippen MR) is 39.3 cm³/mol. The van der Waals surface area contributed by atoms with Crippen LogP contribution in [0.5, 0.6) is 0 Å². The summed E-state index contributed by atoms with van der Waals surface area (Å²) in [5, 5.41) is 0. The largest absolute Gasteiger partial charge is 0.385 e. The van der Waals surface area contributed by atoms with E-state index in [9.17, 15) is 0 Å². The Bertz CT molecular complexity index is 201. The number of nitrogens with two attached hydrogens (primary N) is 1. The van der Waals surface area contributed by atoms with E-state index >= 15 is 0 Å². The molecule has 9 heavy (non-hydrogen) atoms. The molecule has 1 aromatic heterocycles. The molecule has 2 nitrogen and oxygen atoms in total. The van der Waals surface area contributed by atoms with Crippen molar-refractivity contribution in [3.05, 3.63) is 17.3 Å². The Hall–Kier alpha value is -0.920. The molecule has 0 atom stereocenters. The van der Waals surface area contributed by atoms with Gasteiger partial charge in [-0.25, -0.2) is 0 Å². The molecule has 0 saturated carbocycles. The Morgan fingerprint density at radius 3 is 2.56 bits per heavy atom. The normalized spacial score (nSPS) is 10.0. The van der Waals surface area contributed by atoms with E-state index in [1.165, 1.54) is 5.56 Å². The zero-order valence-electron chi connectivity index (χ0n) is 5.86. The zero-order valence-corrected chi connectivity index (χ0v) is 5.86. The van der Waals surface area contributed by atoms with Gasteiger partial charge in [-0.3, -0.25) is 0 Å². The summed E-state index contributed by atoms with van der Waals surface area (Å²) in [7, 11) is 0. The molecule has 50 valence electrons. The smallest absolute Gasteiger partial charge is 0.104 e. The Morgan fingerprint density at radius 2 is 2.33 bits per heavy atom. The summed E-state index contributed by atoms with van der Waals surface area (Å²) in [5.41, 5.74) is 7.95. The van der Waals surface area contributed by atoms with Crippen molar-refractivity contribution in [2.24, 2.45) is 0 Å². The van der Waals surface area contributed by atoms with Crippen LogP contribution in [-0.2, 0) is 6.42 Å². The molecule has 0 aromatic carbocycles. The number of rotatable bonds is 1. The molecule has 2 heteroatoms. The van der Waals surface area contributed by atoms with Crippen LogP contribution in [0.1, 0.15) is 18.2 Å². The fraction of sp³-hybridized carbons (Fsp3) is 0.429. The Kier molecular flexibility index (Phi) is 1.47. The molecule has 0 aliphatic heterocycles. The van der Waals surface area contributed by atoms with Gasteiger partial charge in [-0.05, 0) is 25.0 Å². The van der Waals surface area contributed by atoms with Crippen LogP contribution in [0.25, 0.3) is 0 Å². The van der Waals surface area contributed by atoms with E-state index in [0.29, 0.717) is 0 Å². The second-order valence-corrected chi connectivity index (χ2v) is 2.24. The van der Waals surface area contributed by atoms with Crippen LogP contribution in [0.2, 0.25) is 0 Å². The maximum absolute atomic E-state index is 5.60. The van der Waals surface area contributed by atoms with Gasteiger partial charge in [-0.1, -0.05) is 6.92 Å². The second-order valence-electron chi connectivity index (χ2n) is 2.24. The number of aromatic nitrogens is 1. The van der Waals surface area contributed by atoms with E-state index < -0.39 is 0 Å². The maximum atomic E-state index is 5.60. The van der Waals surface area contributed by atoms with Crippen molar-refractivity contribution in [3.63, 3.8) is 0 Å². The van der Waals surface area contributed by atoms with E-state index in [2.05, 4.69) is 18.0 Å². The van der Waals surface area contributed by atoms with Crippen LogP contribution in [-0.4, -0.2) is 4.98 Å². The first kappa shape index (κ1) is 6.20. The molecular formula is C7H12N2. The molecule has 3 N–H and O–H groups in total. The van der Waals surface area contributed by atoms with Crippen LogP contribution < -0.4 is 5.73 Å². The zero-order chi connectivity index (χ0) is 6.85. The van der Waals surface area contributed by atoms with Gasteiger partial charge in [0.1, 0.15) is 5.82 Å². The first-order valence-electron chi connectivity index (χ1n) is 3.18. The minimum Gasteiger partial charge on any atom is -0.385 e. The minimum absolute atomic E-state index is 0.815. The fourth-order valence-electron chi connectivity index (χ4n) is 0.960. The number of anilines is 1. The molecule has 1 aromatic rings. The van der Waals surface area contributed by atoms with Crippen molar-refractivity contribution >= 4 is 5.82 Å². The Balaban J connectivity index is 3.01. The van der Waals surface area contributed by atoms with Crippen molar-refractivity contribution < 1.29 is 0 Å². The van der Waals surface area contributed by atoms with E-state index in [0.717, 1.165) is 17.9 Å². The molecule has 0 bridgehead atoms. The molecule has 0 aliphatic carbocycles. The number of hydrogen-bond donors (Lipinski definition) is 2. The molecular weight excluding hydrogens is 112 g/mol. The number of nitrogens with one attached hydrogen (secondary N) is 1. The lowest BCUT2D eigenvalue weighted by atomic mass is 10.2. The highest BCUT2D eigenvalue weighted by atomic mass is 14.8. The van der Waals surface area contributed by atoms with Crippen LogP contribution in [0.3, 0.4) is 0 Å². The Labute approximate surface area is 55.1 Å². The van der Waals surface area contributed by atoms with Gasteiger partial charge in [0.05, 0.1) is 0 Å². The molecule has 1 rings (SSSR count). The van der Waals surface area contributed by atoms with Crippen molar-refractivity contribution in [1.29, 1.82) is 0 Å². The molecule has 0 radical (unpaired) electrons. The Morgan fingerprint density at radius 1 is 1.67 bits per heavy atom. The summed E-state index contributed by atoms with van der Waals surface area (Å²) in [6.45, 7) is 4.11. The molecule has 0 fully saturated rings. The highest BCUT2D eigenvalue weighted by molar-refractivity contribution is 5.42. The third-order valence-electron chi connectivity index (χ3n) is 1.45. The van der Waals surface area contributed by atoms with Gasteiger partial charge in [-0.2, -0.15) is 0 Å². The summed E-state index contributed by atoms with van der Waals surface area (Å²) >= 11 is 0. The summed E-state index contributed by atoms with van der Waals surface area (Å²) in [4.78, 5) is 3.04. The van der Waals surface area contributed by atoms with Crippen molar-refractivity contribution in [2.45, 2.75) is 20.3 Å². The molecule has 0 unspecified atom stereocenters. The van der Waals surface area contributed by atoms with E-state index in [1.54, 1.807) is 0 Å². The number of H-pyrrole nitrogens is 1.